The summed E-state index contributed by atoms with van der Waals surface area (Å²) in [5.74, 6) is 1.64. The van der Waals surface area contributed by atoms with E-state index in [-0.39, 0.29) is 6.61 Å². The van der Waals surface area contributed by atoms with Crippen molar-refractivity contribution in [2.75, 3.05) is 11.4 Å². The van der Waals surface area contributed by atoms with Gasteiger partial charge >= 0.3 is 0 Å². The van der Waals surface area contributed by atoms with Crippen LogP contribution in [-0.4, -0.2) is 22.7 Å². The summed E-state index contributed by atoms with van der Waals surface area (Å²) in [6, 6.07) is 4.52. The molecular formula is C15H26N2O. The van der Waals surface area contributed by atoms with Crippen molar-refractivity contribution in [2.45, 2.75) is 53.2 Å². The quantitative estimate of drug-likeness (QED) is 0.807. The fourth-order valence-corrected chi connectivity index (χ4v) is 2.23. The molecule has 0 aliphatic rings. The second-order valence-corrected chi connectivity index (χ2v) is 5.20. The minimum atomic E-state index is 0.0580. The van der Waals surface area contributed by atoms with Gasteiger partial charge in [0.1, 0.15) is 5.82 Å². The van der Waals surface area contributed by atoms with E-state index in [2.05, 4.69) is 37.6 Å². The maximum atomic E-state index is 9.06. The van der Waals surface area contributed by atoms with Crippen molar-refractivity contribution in [3.63, 3.8) is 0 Å². The molecule has 18 heavy (non-hydrogen) atoms. The highest BCUT2D eigenvalue weighted by Gasteiger charge is 2.17. The van der Waals surface area contributed by atoms with Crippen molar-refractivity contribution < 1.29 is 5.11 Å². The first-order valence-electron chi connectivity index (χ1n) is 6.94. The van der Waals surface area contributed by atoms with Gasteiger partial charge in [0, 0.05) is 18.8 Å². The molecule has 0 unspecified atom stereocenters. The van der Waals surface area contributed by atoms with E-state index in [0.717, 1.165) is 30.8 Å². The van der Waals surface area contributed by atoms with Crippen LogP contribution in [0.3, 0.4) is 0 Å². The summed E-state index contributed by atoms with van der Waals surface area (Å²) in [5, 5.41) is 9.06. The van der Waals surface area contributed by atoms with Gasteiger partial charge in [0.25, 0.3) is 0 Å². The Morgan fingerprint density at radius 1 is 1.22 bits per heavy atom. The Bertz CT molecular complexity index is 331. The number of anilines is 1. The first-order chi connectivity index (χ1) is 8.62. The monoisotopic (exact) mass is 250 g/mol. The van der Waals surface area contributed by atoms with Gasteiger partial charge in [0.15, 0.2) is 0 Å². The molecule has 0 saturated carbocycles. The summed E-state index contributed by atoms with van der Waals surface area (Å²) < 4.78 is 0. The van der Waals surface area contributed by atoms with E-state index in [1.54, 1.807) is 6.20 Å². The van der Waals surface area contributed by atoms with E-state index in [4.69, 9.17) is 5.11 Å². The molecule has 1 N–H and O–H groups in total. The van der Waals surface area contributed by atoms with Crippen molar-refractivity contribution in [1.82, 2.24) is 4.98 Å². The van der Waals surface area contributed by atoms with Crippen LogP contribution in [0.4, 0.5) is 5.82 Å². The summed E-state index contributed by atoms with van der Waals surface area (Å²) >= 11 is 0. The lowest BCUT2D eigenvalue weighted by Crippen LogP contribution is -2.37. The third kappa shape index (κ3) is 3.98. The highest BCUT2D eigenvalue weighted by molar-refractivity contribution is 5.40. The zero-order valence-electron chi connectivity index (χ0n) is 12.1. The molecule has 0 amide bonds. The topological polar surface area (TPSA) is 36.4 Å². The van der Waals surface area contributed by atoms with Crippen LogP contribution in [0.2, 0.25) is 0 Å². The molecule has 3 heteroatoms. The largest absolute Gasteiger partial charge is 0.392 e. The predicted octanol–water partition coefficient (Wildman–Crippen LogP) is 3.22. The van der Waals surface area contributed by atoms with Crippen LogP contribution in [0.1, 0.15) is 46.1 Å². The fourth-order valence-electron chi connectivity index (χ4n) is 2.23. The van der Waals surface area contributed by atoms with Crippen LogP contribution in [0.25, 0.3) is 0 Å². The van der Waals surface area contributed by atoms with Gasteiger partial charge in [0.2, 0.25) is 0 Å². The highest BCUT2D eigenvalue weighted by Crippen LogP contribution is 2.20. The normalized spacial score (nSPS) is 11.3. The fraction of sp³-hybridized carbons (Fsp3) is 0.667. The van der Waals surface area contributed by atoms with Crippen molar-refractivity contribution in [3.8, 4) is 0 Å². The van der Waals surface area contributed by atoms with E-state index in [9.17, 15) is 0 Å². The van der Waals surface area contributed by atoms with Crippen LogP contribution in [0.15, 0.2) is 18.3 Å². The van der Waals surface area contributed by atoms with Crippen LogP contribution in [-0.2, 0) is 6.61 Å². The van der Waals surface area contributed by atoms with Crippen LogP contribution >= 0.6 is 0 Å². The number of aliphatic hydroxyl groups is 1. The molecule has 1 aromatic rings. The Kier molecular flexibility index (Phi) is 6.13. The highest BCUT2D eigenvalue weighted by atomic mass is 16.3. The van der Waals surface area contributed by atoms with Gasteiger partial charge in [-0.15, -0.1) is 0 Å². The summed E-state index contributed by atoms with van der Waals surface area (Å²) in [6.45, 7) is 10.0. The number of hydrogen-bond donors (Lipinski definition) is 1. The molecule has 1 aromatic heterocycles. The van der Waals surface area contributed by atoms with Gasteiger partial charge in [-0.2, -0.15) is 0 Å². The Labute approximate surface area is 111 Å². The summed E-state index contributed by atoms with van der Waals surface area (Å²) in [7, 11) is 0. The number of aliphatic hydroxyl groups excluding tert-OH is 1. The number of hydrogen-bond acceptors (Lipinski definition) is 3. The van der Waals surface area contributed by atoms with Gasteiger partial charge in [-0.05, 0) is 30.4 Å². The van der Waals surface area contributed by atoms with Gasteiger partial charge in [0.05, 0.1) is 6.61 Å². The smallest absolute Gasteiger partial charge is 0.128 e. The molecular weight excluding hydrogens is 224 g/mol. The minimum absolute atomic E-state index is 0.0580. The SMILES string of the molecule is CCC(CC)N(CC(C)C)c1ccc(CO)cn1. The van der Waals surface area contributed by atoms with E-state index < -0.39 is 0 Å². The van der Waals surface area contributed by atoms with Gasteiger partial charge in [-0.1, -0.05) is 33.8 Å². The molecule has 0 aromatic carbocycles. The predicted molar refractivity (Wildman–Crippen MR) is 76.7 cm³/mol. The second-order valence-electron chi connectivity index (χ2n) is 5.20. The molecule has 1 heterocycles. The number of aromatic nitrogens is 1. The molecule has 0 spiro atoms. The first kappa shape index (κ1) is 15.0. The van der Waals surface area contributed by atoms with Crippen molar-refractivity contribution in [2.24, 2.45) is 5.92 Å². The Hall–Kier alpha value is -1.09. The Balaban J connectivity index is 2.92. The van der Waals surface area contributed by atoms with E-state index >= 15 is 0 Å². The van der Waals surface area contributed by atoms with Gasteiger partial charge < -0.3 is 10.0 Å². The van der Waals surface area contributed by atoms with E-state index in [1.807, 2.05) is 12.1 Å². The van der Waals surface area contributed by atoms with E-state index in [1.165, 1.54) is 0 Å². The van der Waals surface area contributed by atoms with Crippen LogP contribution in [0, 0.1) is 5.92 Å². The molecule has 102 valence electrons. The standard InChI is InChI=1S/C15H26N2O/c1-5-14(6-2)17(10-12(3)4)15-8-7-13(11-18)9-16-15/h7-9,12,14,18H,5-6,10-11H2,1-4H3. The van der Waals surface area contributed by atoms with Gasteiger partial charge in [-0.25, -0.2) is 4.98 Å². The average Bonchev–Trinajstić information content (AvgIpc) is 2.38. The third-order valence-electron chi connectivity index (χ3n) is 3.23. The van der Waals surface area contributed by atoms with E-state index in [0.29, 0.717) is 12.0 Å². The molecule has 0 aliphatic carbocycles. The lowest BCUT2D eigenvalue weighted by molar-refractivity contribution is 0.281. The lowest BCUT2D eigenvalue weighted by Gasteiger charge is -2.33. The Morgan fingerprint density at radius 3 is 2.28 bits per heavy atom. The molecule has 0 atom stereocenters. The third-order valence-corrected chi connectivity index (χ3v) is 3.23. The van der Waals surface area contributed by atoms with Crippen LogP contribution in [0.5, 0.6) is 0 Å². The average molecular weight is 250 g/mol. The van der Waals surface area contributed by atoms with Gasteiger partial charge in [-0.3, -0.25) is 0 Å². The number of rotatable bonds is 7. The maximum absolute atomic E-state index is 9.06. The molecule has 0 aliphatic heterocycles. The Morgan fingerprint density at radius 2 is 1.89 bits per heavy atom. The maximum Gasteiger partial charge on any atom is 0.128 e. The second kappa shape index (κ2) is 7.37. The number of pyridine rings is 1. The zero-order chi connectivity index (χ0) is 13.5. The summed E-state index contributed by atoms with van der Waals surface area (Å²) in [4.78, 5) is 6.88. The summed E-state index contributed by atoms with van der Waals surface area (Å²) in [6.07, 6.45) is 4.03. The number of nitrogens with zero attached hydrogens (tertiary/aromatic N) is 2. The molecule has 0 saturated heterocycles. The molecule has 0 radical (unpaired) electrons. The lowest BCUT2D eigenvalue weighted by atomic mass is 10.1. The zero-order valence-corrected chi connectivity index (χ0v) is 12.1. The van der Waals surface area contributed by atoms with Crippen LogP contribution < -0.4 is 4.90 Å². The van der Waals surface area contributed by atoms with Crippen molar-refractivity contribution >= 4 is 5.82 Å². The molecule has 0 fully saturated rings. The molecule has 3 nitrogen and oxygen atoms in total. The first-order valence-corrected chi connectivity index (χ1v) is 6.94. The molecule has 0 bridgehead atoms. The van der Waals surface area contributed by atoms with Crippen molar-refractivity contribution in [3.05, 3.63) is 23.9 Å². The summed E-state index contributed by atoms with van der Waals surface area (Å²) in [5.41, 5.74) is 0.868. The minimum Gasteiger partial charge on any atom is -0.392 e. The van der Waals surface area contributed by atoms with Crippen molar-refractivity contribution in [1.29, 1.82) is 0 Å². The molecule has 1 rings (SSSR count).